The molecule has 0 amide bonds. The van der Waals surface area contributed by atoms with Gasteiger partial charge in [0, 0.05) is 0 Å². The molecule has 0 heterocycles. The van der Waals surface area contributed by atoms with Crippen molar-refractivity contribution in [3.8, 4) is 0 Å². The summed E-state index contributed by atoms with van der Waals surface area (Å²) in [5.41, 5.74) is 0. The zero-order valence-electron chi connectivity index (χ0n) is 8.47. The number of rotatable bonds is 8. The summed E-state index contributed by atoms with van der Waals surface area (Å²) < 4.78 is 43.3. The lowest BCUT2D eigenvalue weighted by Gasteiger charge is -2.19. The summed E-state index contributed by atoms with van der Waals surface area (Å²) in [5, 5.41) is 17.2. The highest BCUT2D eigenvalue weighted by Gasteiger charge is 2.42. The second kappa shape index (κ2) is 6.67. The van der Waals surface area contributed by atoms with Gasteiger partial charge in [-0.25, -0.2) is 13.7 Å². The molecule has 0 aliphatic rings. The van der Waals surface area contributed by atoms with Crippen molar-refractivity contribution < 1.29 is 56.6 Å². The predicted octanol–water partition coefficient (Wildman–Crippen LogP) is -1.32. The van der Waals surface area contributed by atoms with Gasteiger partial charge in [-0.3, -0.25) is 4.52 Å². The standard InChI is InChI=1S/C3H11O12P3/c4-1-3(5)2-13-18(12,14-16(6,7)8)15-17(9,10)11/h3-5H,1-2H2,(H2,6,7,8)(H2,9,10,11). The number of hydrogen-bond acceptors (Lipinski definition) is 8. The molecule has 18 heavy (non-hydrogen) atoms. The molecule has 0 saturated carbocycles. The fourth-order valence-electron chi connectivity index (χ4n) is 0.553. The van der Waals surface area contributed by atoms with Crippen LogP contribution in [0.2, 0.25) is 0 Å². The molecule has 0 bridgehead atoms. The molecule has 110 valence electrons. The van der Waals surface area contributed by atoms with E-state index < -0.39 is 42.8 Å². The van der Waals surface area contributed by atoms with Crippen LogP contribution >= 0.6 is 23.5 Å². The first-order chi connectivity index (χ1) is 7.87. The Kier molecular flexibility index (Phi) is 6.79. The molecule has 0 radical (unpaired) electrons. The fourth-order valence-corrected chi connectivity index (χ4v) is 3.76. The van der Waals surface area contributed by atoms with E-state index >= 15 is 0 Å². The van der Waals surface area contributed by atoms with Crippen LogP contribution < -0.4 is 0 Å². The van der Waals surface area contributed by atoms with Gasteiger partial charge >= 0.3 is 23.5 Å². The molecule has 0 aromatic carbocycles. The van der Waals surface area contributed by atoms with Crippen molar-refractivity contribution >= 4 is 23.5 Å². The van der Waals surface area contributed by atoms with Gasteiger partial charge in [0.05, 0.1) is 13.2 Å². The molecule has 15 heteroatoms. The molecule has 0 spiro atoms. The van der Waals surface area contributed by atoms with Crippen LogP contribution in [0.25, 0.3) is 0 Å². The van der Waals surface area contributed by atoms with E-state index in [4.69, 9.17) is 29.8 Å². The van der Waals surface area contributed by atoms with E-state index in [2.05, 4.69) is 13.1 Å². The van der Waals surface area contributed by atoms with Gasteiger partial charge in [-0.2, -0.15) is 8.62 Å². The number of aliphatic hydroxyl groups excluding tert-OH is 2. The number of hydrogen-bond donors (Lipinski definition) is 6. The summed E-state index contributed by atoms with van der Waals surface area (Å²) in [6.45, 7) is -1.88. The molecule has 1 unspecified atom stereocenters. The van der Waals surface area contributed by atoms with Gasteiger partial charge < -0.3 is 29.8 Å². The highest BCUT2D eigenvalue weighted by atomic mass is 31.3. The minimum Gasteiger partial charge on any atom is -0.394 e. The van der Waals surface area contributed by atoms with Crippen LogP contribution in [-0.2, 0) is 26.8 Å². The van der Waals surface area contributed by atoms with Gasteiger partial charge in [-0.05, 0) is 0 Å². The maximum absolute atomic E-state index is 11.4. The number of aliphatic hydroxyl groups is 2. The van der Waals surface area contributed by atoms with E-state index in [1.807, 2.05) is 0 Å². The van der Waals surface area contributed by atoms with E-state index in [0.717, 1.165) is 0 Å². The number of phosphoric acid groups is 3. The first kappa shape index (κ1) is 18.3. The monoisotopic (exact) mass is 332 g/mol. The van der Waals surface area contributed by atoms with Crippen LogP contribution in [0.5, 0.6) is 0 Å². The fraction of sp³-hybridized carbons (Fsp3) is 1.00. The van der Waals surface area contributed by atoms with Crippen molar-refractivity contribution in [1.29, 1.82) is 0 Å². The molecule has 12 nitrogen and oxygen atoms in total. The quantitative estimate of drug-likeness (QED) is 0.287. The highest BCUT2D eigenvalue weighted by molar-refractivity contribution is 7.66. The summed E-state index contributed by atoms with van der Waals surface area (Å²) in [5.74, 6) is 0. The minimum atomic E-state index is -5.44. The third-order valence-electron chi connectivity index (χ3n) is 1.05. The maximum atomic E-state index is 11.4. The van der Waals surface area contributed by atoms with Crippen LogP contribution in [0, 0.1) is 0 Å². The van der Waals surface area contributed by atoms with Gasteiger partial charge in [-0.15, -0.1) is 0 Å². The smallest absolute Gasteiger partial charge is 0.394 e. The van der Waals surface area contributed by atoms with Crippen LogP contribution in [-0.4, -0.2) is 49.1 Å². The lowest BCUT2D eigenvalue weighted by atomic mass is 10.4. The van der Waals surface area contributed by atoms with Gasteiger partial charge in [0.1, 0.15) is 6.10 Å². The van der Waals surface area contributed by atoms with Crippen LogP contribution in [0.1, 0.15) is 0 Å². The van der Waals surface area contributed by atoms with Crippen LogP contribution in [0.3, 0.4) is 0 Å². The minimum absolute atomic E-state index is 0.869. The first-order valence-electron chi connectivity index (χ1n) is 3.94. The summed E-state index contributed by atoms with van der Waals surface area (Å²) in [6.07, 6.45) is -1.63. The van der Waals surface area contributed by atoms with E-state index in [0.29, 0.717) is 0 Å². The van der Waals surface area contributed by atoms with Gasteiger partial charge in [0.15, 0.2) is 0 Å². The Hall–Kier alpha value is 0.330. The van der Waals surface area contributed by atoms with Gasteiger partial charge in [0.25, 0.3) is 0 Å². The third-order valence-corrected chi connectivity index (χ3v) is 4.82. The molecular weight excluding hydrogens is 321 g/mol. The van der Waals surface area contributed by atoms with Crippen molar-refractivity contribution in [2.45, 2.75) is 6.10 Å². The second-order valence-corrected chi connectivity index (χ2v) is 7.15. The Labute approximate surface area is 100 Å². The normalized spacial score (nSPS) is 15.7. The van der Waals surface area contributed by atoms with E-state index in [-0.39, 0.29) is 0 Å². The Morgan fingerprint density at radius 3 is 1.61 bits per heavy atom. The summed E-state index contributed by atoms with van der Waals surface area (Å²) in [6, 6.07) is 0. The Morgan fingerprint density at radius 2 is 1.33 bits per heavy atom. The SMILES string of the molecule is O=P(O)(O)OP(=O)(OCC(O)CO)OP(=O)(O)O. The molecule has 1 atom stereocenters. The van der Waals surface area contributed by atoms with Gasteiger partial charge in [0.2, 0.25) is 0 Å². The summed E-state index contributed by atoms with van der Waals surface area (Å²) >= 11 is 0. The molecule has 0 saturated heterocycles. The maximum Gasteiger partial charge on any atom is 0.492 e. The molecular formula is C3H11O12P3. The van der Waals surface area contributed by atoms with E-state index in [1.54, 1.807) is 0 Å². The van der Waals surface area contributed by atoms with Crippen molar-refractivity contribution in [3.63, 3.8) is 0 Å². The van der Waals surface area contributed by atoms with Crippen LogP contribution in [0.4, 0.5) is 0 Å². The summed E-state index contributed by atoms with van der Waals surface area (Å²) in [7, 11) is -16.2. The Balaban J connectivity index is 4.87. The third kappa shape index (κ3) is 9.29. The average molecular weight is 332 g/mol. The Bertz CT molecular complexity index is 363. The first-order valence-corrected chi connectivity index (χ1v) is 8.46. The molecule has 0 aliphatic carbocycles. The molecule has 0 aliphatic heterocycles. The Morgan fingerprint density at radius 1 is 0.944 bits per heavy atom. The van der Waals surface area contributed by atoms with Crippen molar-refractivity contribution in [3.05, 3.63) is 0 Å². The lowest BCUT2D eigenvalue weighted by molar-refractivity contribution is 0.0413. The molecule has 0 fully saturated rings. The second-order valence-electron chi connectivity index (χ2n) is 2.72. The zero-order chi connectivity index (χ0) is 14.6. The average Bonchev–Trinajstić information content (AvgIpc) is 2.07. The molecule has 0 rings (SSSR count). The van der Waals surface area contributed by atoms with Crippen molar-refractivity contribution in [2.75, 3.05) is 13.2 Å². The van der Waals surface area contributed by atoms with Crippen molar-refractivity contribution in [2.24, 2.45) is 0 Å². The zero-order valence-corrected chi connectivity index (χ0v) is 11.1. The largest absolute Gasteiger partial charge is 0.492 e. The van der Waals surface area contributed by atoms with E-state index in [9.17, 15) is 13.7 Å². The summed E-state index contributed by atoms with van der Waals surface area (Å²) in [4.78, 5) is 33.5. The highest BCUT2D eigenvalue weighted by Crippen LogP contribution is 2.67. The topological polar surface area (TPSA) is 200 Å². The van der Waals surface area contributed by atoms with Crippen molar-refractivity contribution in [1.82, 2.24) is 0 Å². The van der Waals surface area contributed by atoms with Gasteiger partial charge in [-0.1, -0.05) is 0 Å². The molecule has 0 aromatic heterocycles. The van der Waals surface area contributed by atoms with Crippen LogP contribution in [0.15, 0.2) is 0 Å². The molecule has 6 N–H and O–H groups in total. The lowest BCUT2D eigenvalue weighted by Crippen LogP contribution is -2.19. The van der Waals surface area contributed by atoms with E-state index in [1.165, 1.54) is 0 Å². The molecule has 0 aromatic rings. The predicted molar refractivity (Wildman–Crippen MR) is 52.9 cm³/mol.